The van der Waals surface area contributed by atoms with Gasteiger partial charge in [-0.2, -0.15) is 8.42 Å². The Hall–Kier alpha value is -0.130. The van der Waals surface area contributed by atoms with Crippen LogP contribution >= 0.6 is 0 Å². The lowest BCUT2D eigenvalue weighted by Gasteiger charge is -2.14. The maximum Gasteiger partial charge on any atom is 0.264 e. The fourth-order valence-corrected chi connectivity index (χ4v) is 2.61. The summed E-state index contributed by atoms with van der Waals surface area (Å²) in [7, 11) is -3.27. The lowest BCUT2D eigenvalue weighted by molar-refractivity contribution is 0.207. The molecule has 5 heteroatoms. The van der Waals surface area contributed by atoms with Crippen LogP contribution in [0.1, 0.15) is 19.3 Å². The first kappa shape index (κ1) is 10.4. The van der Waals surface area contributed by atoms with Gasteiger partial charge in [0.25, 0.3) is 10.1 Å². The van der Waals surface area contributed by atoms with Crippen molar-refractivity contribution < 1.29 is 12.6 Å². The van der Waals surface area contributed by atoms with E-state index in [1.54, 1.807) is 0 Å². The molecule has 1 aliphatic carbocycles. The van der Waals surface area contributed by atoms with E-state index in [2.05, 4.69) is 4.90 Å². The second kappa shape index (κ2) is 3.79. The van der Waals surface area contributed by atoms with Gasteiger partial charge in [-0.05, 0) is 25.2 Å². The zero-order valence-corrected chi connectivity index (χ0v) is 9.29. The monoisotopic (exact) mass is 219 g/mol. The van der Waals surface area contributed by atoms with Crippen LogP contribution in [-0.4, -0.2) is 45.3 Å². The van der Waals surface area contributed by atoms with Crippen molar-refractivity contribution in [2.45, 2.75) is 25.4 Å². The summed E-state index contributed by atoms with van der Waals surface area (Å²) in [6.45, 7) is 2.89. The molecule has 0 spiro atoms. The predicted octanol–water partition coefficient (Wildman–Crippen LogP) is 0.447. The smallest absolute Gasteiger partial charge is 0.264 e. The number of hydrogen-bond donors (Lipinski definition) is 0. The van der Waals surface area contributed by atoms with E-state index in [0.717, 1.165) is 38.2 Å². The first-order chi connectivity index (χ1) is 6.53. The van der Waals surface area contributed by atoms with Gasteiger partial charge < -0.3 is 4.90 Å². The zero-order chi connectivity index (χ0) is 10.2. The average Bonchev–Trinajstić information content (AvgIpc) is 2.71. The van der Waals surface area contributed by atoms with Gasteiger partial charge in [0.15, 0.2) is 0 Å². The molecule has 2 rings (SSSR count). The number of hydrogen-bond acceptors (Lipinski definition) is 4. The highest BCUT2D eigenvalue weighted by Gasteiger charge is 2.30. The van der Waals surface area contributed by atoms with Crippen molar-refractivity contribution in [3.05, 3.63) is 0 Å². The Morgan fingerprint density at radius 2 is 2.07 bits per heavy atom. The molecule has 0 aromatic heterocycles. The van der Waals surface area contributed by atoms with Gasteiger partial charge in [0, 0.05) is 19.6 Å². The second-order valence-electron chi connectivity index (χ2n) is 4.41. The Morgan fingerprint density at radius 1 is 1.36 bits per heavy atom. The lowest BCUT2D eigenvalue weighted by atomic mass is 10.3. The Kier molecular flexibility index (Phi) is 2.81. The van der Waals surface area contributed by atoms with Crippen LogP contribution in [0.4, 0.5) is 0 Å². The first-order valence-electron chi connectivity index (χ1n) is 5.13. The van der Waals surface area contributed by atoms with Gasteiger partial charge in [0.05, 0.1) is 12.4 Å². The van der Waals surface area contributed by atoms with Crippen molar-refractivity contribution in [2.24, 2.45) is 5.92 Å². The molecule has 2 aliphatic rings. The quantitative estimate of drug-likeness (QED) is 0.644. The minimum absolute atomic E-state index is 0.108. The van der Waals surface area contributed by atoms with E-state index in [4.69, 9.17) is 4.18 Å². The van der Waals surface area contributed by atoms with Crippen molar-refractivity contribution in [1.29, 1.82) is 0 Å². The molecule has 1 saturated heterocycles. The Balaban J connectivity index is 1.76. The molecule has 0 N–H and O–H groups in total. The molecule has 0 radical (unpaired) electrons. The van der Waals surface area contributed by atoms with Crippen LogP contribution in [0.5, 0.6) is 0 Å². The fraction of sp³-hybridized carbons (Fsp3) is 1.00. The van der Waals surface area contributed by atoms with Crippen molar-refractivity contribution in [2.75, 3.05) is 25.9 Å². The minimum Gasteiger partial charge on any atom is -0.300 e. The molecule has 0 aromatic rings. The average molecular weight is 219 g/mol. The maximum atomic E-state index is 10.9. The first-order valence-corrected chi connectivity index (χ1v) is 6.95. The summed E-state index contributed by atoms with van der Waals surface area (Å²) in [4.78, 5) is 2.31. The molecule has 1 heterocycles. The molecule has 1 atom stereocenters. The van der Waals surface area contributed by atoms with E-state index in [1.807, 2.05) is 0 Å². The van der Waals surface area contributed by atoms with E-state index in [-0.39, 0.29) is 6.10 Å². The van der Waals surface area contributed by atoms with Gasteiger partial charge in [0.1, 0.15) is 0 Å². The van der Waals surface area contributed by atoms with Crippen LogP contribution in [0, 0.1) is 5.92 Å². The lowest BCUT2D eigenvalue weighted by Crippen LogP contribution is -2.26. The summed E-state index contributed by atoms with van der Waals surface area (Å²) >= 11 is 0. The van der Waals surface area contributed by atoms with Crippen LogP contribution in [0.2, 0.25) is 0 Å². The highest BCUT2D eigenvalue weighted by Crippen LogP contribution is 2.31. The summed E-state index contributed by atoms with van der Waals surface area (Å²) in [5, 5.41) is 0. The maximum absolute atomic E-state index is 10.9. The summed E-state index contributed by atoms with van der Waals surface area (Å²) in [5.41, 5.74) is 0. The van der Waals surface area contributed by atoms with Gasteiger partial charge in [-0.25, -0.2) is 0 Å². The summed E-state index contributed by atoms with van der Waals surface area (Å²) < 4.78 is 26.7. The molecule has 1 unspecified atom stereocenters. The van der Waals surface area contributed by atoms with Crippen molar-refractivity contribution in [3.8, 4) is 0 Å². The predicted molar refractivity (Wildman–Crippen MR) is 53.5 cm³/mol. The third-order valence-corrected chi connectivity index (χ3v) is 3.38. The van der Waals surface area contributed by atoms with Crippen molar-refractivity contribution in [3.63, 3.8) is 0 Å². The Labute approximate surface area is 85.4 Å². The van der Waals surface area contributed by atoms with Crippen LogP contribution in [0.25, 0.3) is 0 Å². The molecule has 82 valence electrons. The Morgan fingerprint density at radius 3 is 2.64 bits per heavy atom. The van der Waals surface area contributed by atoms with Crippen LogP contribution in [0.15, 0.2) is 0 Å². The largest absolute Gasteiger partial charge is 0.300 e. The van der Waals surface area contributed by atoms with Gasteiger partial charge in [-0.3, -0.25) is 4.18 Å². The molecule has 1 aliphatic heterocycles. The SMILES string of the molecule is CS(=O)(=O)OC1CCN(CC2CC2)C1. The minimum atomic E-state index is -3.27. The molecular weight excluding hydrogens is 202 g/mol. The van der Waals surface area contributed by atoms with Gasteiger partial charge in [-0.15, -0.1) is 0 Å². The van der Waals surface area contributed by atoms with E-state index >= 15 is 0 Å². The van der Waals surface area contributed by atoms with E-state index in [1.165, 1.54) is 12.8 Å². The van der Waals surface area contributed by atoms with Crippen molar-refractivity contribution >= 4 is 10.1 Å². The normalized spacial score (nSPS) is 29.6. The van der Waals surface area contributed by atoms with E-state index in [0.29, 0.717) is 0 Å². The van der Waals surface area contributed by atoms with Crippen LogP contribution in [0.3, 0.4) is 0 Å². The van der Waals surface area contributed by atoms with Gasteiger partial charge >= 0.3 is 0 Å². The molecule has 4 nitrogen and oxygen atoms in total. The number of nitrogens with zero attached hydrogens (tertiary/aromatic N) is 1. The van der Waals surface area contributed by atoms with Crippen LogP contribution in [-0.2, 0) is 14.3 Å². The summed E-state index contributed by atoms with van der Waals surface area (Å²) in [6, 6.07) is 0. The van der Waals surface area contributed by atoms with Gasteiger partial charge in [-0.1, -0.05) is 0 Å². The molecule has 2 fully saturated rings. The third-order valence-electron chi connectivity index (χ3n) is 2.75. The van der Waals surface area contributed by atoms with E-state index < -0.39 is 10.1 Å². The third kappa shape index (κ3) is 3.22. The van der Waals surface area contributed by atoms with E-state index in [9.17, 15) is 8.42 Å². The second-order valence-corrected chi connectivity index (χ2v) is 6.01. The zero-order valence-electron chi connectivity index (χ0n) is 8.48. The standard InChI is InChI=1S/C9H17NO3S/c1-14(11,12)13-9-4-5-10(7-9)6-8-2-3-8/h8-9H,2-7H2,1H3. The summed E-state index contributed by atoms with van der Waals surface area (Å²) in [5.74, 6) is 0.868. The molecule has 0 amide bonds. The molecular formula is C9H17NO3S. The molecule has 0 bridgehead atoms. The van der Waals surface area contributed by atoms with Crippen LogP contribution < -0.4 is 0 Å². The topological polar surface area (TPSA) is 46.6 Å². The summed E-state index contributed by atoms with van der Waals surface area (Å²) in [6.07, 6.45) is 4.54. The molecule has 1 saturated carbocycles. The number of likely N-dealkylation sites (tertiary alicyclic amines) is 1. The van der Waals surface area contributed by atoms with Crippen molar-refractivity contribution in [1.82, 2.24) is 4.90 Å². The highest BCUT2D eigenvalue weighted by atomic mass is 32.2. The Bertz CT molecular complexity index is 297. The highest BCUT2D eigenvalue weighted by molar-refractivity contribution is 7.86. The molecule has 0 aromatic carbocycles. The van der Waals surface area contributed by atoms with Gasteiger partial charge in [0.2, 0.25) is 0 Å². The number of rotatable bonds is 4. The molecule has 14 heavy (non-hydrogen) atoms. The fourth-order valence-electron chi connectivity index (χ4n) is 1.95.